The summed E-state index contributed by atoms with van der Waals surface area (Å²) in [6.45, 7) is 9.72. The van der Waals surface area contributed by atoms with Crippen LogP contribution in [0.3, 0.4) is 0 Å². The van der Waals surface area contributed by atoms with Gasteiger partial charge in [0.1, 0.15) is 17.5 Å². The molecule has 256 valence electrons. The van der Waals surface area contributed by atoms with Gasteiger partial charge in [0.05, 0.1) is 17.0 Å². The molecule has 7 rings (SSSR count). The molecule has 0 spiro atoms. The molecule has 0 radical (unpaired) electrons. The fourth-order valence-electron chi connectivity index (χ4n) is 10.4. The van der Waals surface area contributed by atoms with E-state index in [9.17, 15) is 5.26 Å². The van der Waals surface area contributed by atoms with Crippen LogP contribution in [0.4, 0.5) is 0 Å². The van der Waals surface area contributed by atoms with Gasteiger partial charge in [-0.2, -0.15) is 5.26 Å². The number of hydrogen-bond donors (Lipinski definition) is 1. The average molecular weight is 646 g/mol. The highest BCUT2D eigenvalue weighted by Crippen LogP contribution is 2.50. The Morgan fingerprint density at radius 1 is 0.688 bits per heavy atom. The van der Waals surface area contributed by atoms with E-state index in [1.165, 1.54) is 107 Å². The van der Waals surface area contributed by atoms with Crippen LogP contribution < -0.4 is 4.74 Å². The highest BCUT2D eigenvalue weighted by Gasteiger charge is 2.41. The largest absolute Gasteiger partial charge is 0.453 e. The number of ether oxygens (including phenoxy) is 1. The molecule has 4 nitrogen and oxygen atoms in total. The summed E-state index contributed by atoms with van der Waals surface area (Å²) in [5, 5.41) is 11.0. The molecule has 4 aliphatic carbocycles. The Balaban J connectivity index is 1.48. The molecule has 1 aliphatic heterocycles. The number of aromatic nitrogens is 1. The maximum absolute atomic E-state index is 11.0. The third-order valence-electron chi connectivity index (χ3n) is 13.4. The number of nitrogens with zero attached hydrogens (tertiary/aromatic N) is 2. The lowest BCUT2D eigenvalue weighted by molar-refractivity contribution is 0.295. The van der Waals surface area contributed by atoms with Crippen LogP contribution in [-0.2, 0) is 0 Å². The number of benzene rings is 1. The SMILES string of the molecule is CC1CCCCC1C1=N/C(=C(/Oc2ccccc2)c2[nH]c(C3CCCCC3C)cc2C2CCCCC2C)C(C2CCCCC2C)=C1C#N. The molecule has 0 amide bonds. The Kier molecular flexibility index (Phi) is 10.3. The second-order valence-corrected chi connectivity index (χ2v) is 16.5. The average Bonchev–Trinajstić information content (AvgIpc) is 3.71. The Bertz CT molecular complexity index is 1570. The first-order chi connectivity index (χ1) is 23.4. The van der Waals surface area contributed by atoms with Crippen LogP contribution in [0.25, 0.3) is 5.76 Å². The summed E-state index contributed by atoms with van der Waals surface area (Å²) in [4.78, 5) is 9.79. The summed E-state index contributed by atoms with van der Waals surface area (Å²) in [5.74, 6) is 5.74. The predicted octanol–water partition coefficient (Wildman–Crippen LogP) is 12.3. The van der Waals surface area contributed by atoms with Gasteiger partial charge in [-0.15, -0.1) is 0 Å². The molecule has 8 atom stereocenters. The van der Waals surface area contributed by atoms with Crippen molar-refractivity contribution in [3.63, 3.8) is 0 Å². The molecule has 5 aliphatic rings. The Labute approximate surface area is 290 Å². The zero-order valence-electron chi connectivity index (χ0n) is 30.2. The Hall–Kier alpha value is -3.06. The molecule has 2 aromatic rings. The summed E-state index contributed by atoms with van der Waals surface area (Å²) >= 11 is 0. The lowest BCUT2D eigenvalue weighted by atomic mass is 9.72. The van der Waals surface area contributed by atoms with Gasteiger partial charge in [-0.1, -0.05) is 123 Å². The van der Waals surface area contributed by atoms with Crippen molar-refractivity contribution in [1.82, 2.24) is 4.98 Å². The molecule has 0 bridgehead atoms. The summed E-state index contributed by atoms with van der Waals surface area (Å²) in [7, 11) is 0. The zero-order valence-corrected chi connectivity index (χ0v) is 30.2. The minimum Gasteiger partial charge on any atom is -0.453 e. The normalized spacial score (nSPS) is 34.0. The van der Waals surface area contributed by atoms with Crippen LogP contribution in [0.1, 0.15) is 159 Å². The lowest BCUT2D eigenvalue weighted by Crippen LogP contribution is -2.26. The van der Waals surface area contributed by atoms with Gasteiger partial charge >= 0.3 is 0 Å². The molecule has 1 aromatic carbocycles. The van der Waals surface area contributed by atoms with Crippen LogP contribution in [0, 0.1) is 46.8 Å². The van der Waals surface area contributed by atoms with Crippen molar-refractivity contribution in [2.75, 3.05) is 0 Å². The van der Waals surface area contributed by atoms with Crippen LogP contribution in [-0.4, -0.2) is 10.7 Å². The molecule has 2 heterocycles. The van der Waals surface area contributed by atoms with Gasteiger partial charge in [0.25, 0.3) is 0 Å². The third kappa shape index (κ3) is 6.60. The van der Waals surface area contributed by atoms with E-state index in [1.54, 1.807) is 0 Å². The summed E-state index contributed by atoms with van der Waals surface area (Å²) in [6.07, 6.45) is 20.0. The number of para-hydroxylation sites is 1. The minimum absolute atomic E-state index is 0.322. The number of hydrogen-bond acceptors (Lipinski definition) is 3. The fourth-order valence-corrected chi connectivity index (χ4v) is 10.4. The molecular weight excluding hydrogens is 587 g/mol. The van der Waals surface area contributed by atoms with Crippen LogP contribution in [0.2, 0.25) is 0 Å². The van der Waals surface area contributed by atoms with Gasteiger partial charge in [0, 0.05) is 23.1 Å². The second-order valence-electron chi connectivity index (χ2n) is 16.5. The van der Waals surface area contributed by atoms with E-state index in [0.29, 0.717) is 47.3 Å². The minimum atomic E-state index is 0.322. The molecule has 4 fully saturated rings. The van der Waals surface area contributed by atoms with Crippen molar-refractivity contribution in [3.8, 4) is 11.8 Å². The van der Waals surface area contributed by atoms with Gasteiger partial charge in [-0.3, -0.25) is 0 Å². The number of allylic oxidation sites excluding steroid dienone is 2. The first-order valence-electron chi connectivity index (χ1n) is 19.9. The standard InChI is InChI=1S/C44H59N3O/c1-28-16-8-12-22-33(28)37-26-39(34-23-13-9-17-29(34)2)46-42(37)44(48-32-20-6-5-7-21-32)43-40(35-24-14-10-18-30(35)3)38(27-45)41(47-43)36-25-15-11-19-31(36)4/h5-7,20-21,26,28-31,33-36,46H,8-19,22-25H2,1-4H3/b44-43+. The molecule has 4 heteroatoms. The first-order valence-corrected chi connectivity index (χ1v) is 19.9. The number of aliphatic imine (C=N–C) groups is 1. The van der Waals surface area contributed by atoms with Crippen molar-refractivity contribution < 1.29 is 4.74 Å². The third-order valence-corrected chi connectivity index (χ3v) is 13.4. The number of nitrogens with one attached hydrogen (secondary N) is 1. The molecule has 4 saturated carbocycles. The van der Waals surface area contributed by atoms with Crippen molar-refractivity contribution >= 4 is 11.5 Å². The van der Waals surface area contributed by atoms with Crippen molar-refractivity contribution in [1.29, 1.82) is 5.26 Å². The lowest BCUT2D eigenvalue weighted by Gasteiger charge is -2.32. The van der Waals surface area contributed by atoms with Crippen LogP contribution in [0.5, 0.6) is 5.75 Å². The number of nitriles is 1. The Morgan fingerprint density at radius 3 is 1.77 bits per heavy atom. The van der Waals surface area contributed by atoms with E-state index in [1.807, 2.05) is 0 Å². The summed E-state index contributed by atoms with van der Waals surface area (Å²) < 4.78 is 7.19. The summed E-state index contributed by atoms with van der Waals surface area (Å²) in [6, 6.07) is 15.7. The fraction of sp³-hybridized carbons (Fsp3) is 0.636. The highest BCUT2D eigenvalue weighted by molar-refractivity contribution is 6.10. The number of H-pyrrole nitrogens is 1. The van der Waals surface area contributed by atoms with Crippen LogP contribution in [0.15, 0.2) is 58.2 Å². The zero-order chi connectivity index (χ0) is 33.2. The quantitative estimate of drug-likeness (QED) is 0.305. The molecule has 0 saturated heterocycles. The van der Waals surface area contributed by atoms with Gasteiger partial charge in [0.15, 0.2) is 5.76 Å². The van der Waals surface area contributed by atoms with Gasteiger partial charge in [0.2, 0.25) is 0 Å². The van der Waals surface area contributed by atoms with E-state index < -0.39 is 0 Å². The maximum Gasteiger partial charge on any atom is 0.177 e. The van der Waals surface area contributed by atoms with E-state index in [0.717, 1.165) is 47.0 Å². The number of rotatable bonds is 7. The van der Waals surface area contributed by atoms with Crippen LogP contribution >= 0.6 is 0 Å². The van der Waals surface area contributed by atoms with Gasteiger partial charge in [-0.25, -0.2) is 4.99 Å². The van der Waals surface area contributed by atoms with E-state index in [4.69, 9.17) is 9.73 Å². The topological polar surface area (TPSA) is 61.2 Å². The second kappa shape index (κ2) is 14.8. The van der Waals surface area contributed by atoms with Crippen molar-refractivity contribution in [2.24, 2.45) is 40.5 Å². The highest BCUT2D eigenvalue weighted by atomic mass is 16.5. The van der Waals surface area contributed by atoms with Gasteiger partial charge in [-0.05, 0) is 85.0 Å². The van der Waals surface area contributed by atoms with E-state index >= 15 is 0 Å². The van der Waals surface area contributed by atoms with Crippen molar-refractivity contribution in [2.45, 2.75) is 142 Å². The van der Waals surface area contributed by atoms with Gasteiger partial charge < -0.3 is 9.72 Å². The Morgan fingerprint density at radius 2 is 1.21 bits per heavy atom. The molecule has 48 heavy (non-hydrogen) atoms. The predicted molar refractivity (Wildman–Crippen MR) is 198 cm³/mol. The maximum atomic E-state index is 11.0. The molecule has 1 aromatic heterocycles. The molecule has 8 unspecified atom stereocenters. The monoisotopic (exact) mass is 645 g/mol. The summed E-state index contributed by atoms with van der Waals surface area (Å²) in [5.41, 5.74) is 8.03. The van der Waals surface area contributed by atoms with Crippen molar-refractivity contribution in [3.05, 3.63) is 70.2 Å². The first kappa shape index (κ1) is 33.4. The van der Waals surface area contributed by atoms with E-state index in [2.05, 4.69) is 75.1 Å². The smallest absolute Gasteiger partial charge is 0.177 e. The molecular formula is C44H59N3O. The molecule has 1 N–H and O–H groups in total. The number of aromatic amines is 1. The van der Waals surface area contributed by atoms with E-state index in [-0.39, 0.29) is 0 Å².